The molecule has 1 aliphatic rings. The number of nitrogens with zero attached hydrogens (tertiary/aromatic N) is 1. The second kappa shape index (κ2) is 11.2. The standard InChI is InChI=1S/C32H35NO6/c1-18(2)25-17-26(20(5)15-27(25)38-7)30(34)28-29(21-11-13-23(14-12-21)39-19(3)4)33(32(36)31(28)35)22-9-8-10-24(16-22)37-6/h8-19,29,34H,1-7H3/b30-28+. The summed E-state index contributed by atoms with van der Waals surface area (Å²) in [5, 5.41) is 11.7. The Balaban J connectivity index is 1.95. The molecule has 0 aromatic heterocycles. The van der Waals surface area contributed by atoms with Crippen molar-refractivity contribution in [2.75, 3.05) is 19.1 Å². The second-order valence-corrected chi connectivity index (χ2v) is 10.2. The van der Waals surface area contributed by atoms with E-state index in [2.05, 4.69) is 0 Å². The first-order valence-corrected chi connectivity index (χ1v) is 13.0. The lowest BCUT2D eigenvalue weighted by Crippen LogP contribution is -2.29. The quantitative estimate of drug-likeness (QED) is 0.202. The number of Topliss-reactive ketones (excluding diaryl/α,β-unsaturated/α-hetero) is 1. The summed E-state index contributed by atoms with van der Waals surface area (Å²) in [6.07, 6.45) is -0.00790. The number of carbonyl (C=O) groups excluding carboxylic acids is 2. The van der Waals surface area contributed by atoms with Gasteiger partial charge in [0.05, 0.1) is 31.9 Å². The van der Waals surface area contributed by atoms with Crippen LogP contribution in [0.1, 0.15) is 61.9 Å². The van der Waals surface area contributed by atoms with Crippen molar-refractivity contribution in [3.05, 3.63) is 88.5 Å². The molecule has 3 aromatic carbocycles. The van der Waals surface area contributed by atoms with Gasteiger partial charge in [0.15, 0.2) is 0 Å². The van der Waals surface area contributed by atoms with Crippen LogP contribution in [0.4, 0.5) is 5.69 Å². The number of aliphatic hydroxyl groups is 1. The Morgan fingerprint density at radius 1 is 0.897 bits per heavy atom. The molecular formula is C32H35NO6. The zero-order valence-electron chi connectivity index (χ0n) is 23.4. The Hall–Kier alpha value is -4.26. The van der Waals surface area contributed by atoms with Gasteiger partial charge in [0.25, 0.3) is 11.7 Å². The molecule has 1 aliphatic heterocycles. The van der Waals surface area contributed by atoms with Crippen LogP contribution in [0.15, 0.2) is 66.2 Å². The molecule has 0 bridgehead atoms. The molecule has 1 amide bonds. The van der Waals surface area contributed by atoms with Crippen LogP contribution in [0.2, 0.25) is 0 Å². The normalized spacial score (nSPS) is 16.7. The van der Waals surface area contributed by atoms with Crippen molar-refractivity contribution in [1.82, 2.24) is 0 Å². The molecular weight excluding hydrogens is 494 g/mol. The zero-order valence-corrected chi connectivity index (χ0v) is 23.4. The second-order valence-electron chi connectivity index (χ2n) is 10.2. The number of anilines is 1. The van der Waals surface area contributed by atoms with E-state index in [-0.39, 0.29) is 23.4 Å². The van der Waals surface area contributed by atoms with Gasteiger partial charge in [0, 0.05) is 17.3 Å². The van der Waals surface area contributed by atoms with Crippen LogP contribution in [0.5, 0.6) is 17.2 Å². The maximum Gasteiger partial charge on any atom is 0.300 e. The Morgan fingerprint density at radius 3 is 2.18 bits per heavy atom. The lowest BCUT2D eigenvalue weighted by atomic mass is 9.91. The number of carbonyl (C=O) groups is 2. The van der Waals surface area contributed by atoms with E-state index >= 15 is 0 Å². The molecule has 7 heteroatoms. The van der Waals surface area contributed by atoms with Crippen molar-refractivity contribution in [3.8, 4) is 17.2 Å². The minimum Gasteiger partial charge on any atom is -0.507 e. The molecule has 39 heavy (non-hydrogen) atoms. The van der Waals surface area contributed by atoms with Gasteiger partial charge >= 0.3 is 0 Å². The van der Waals surface area contributed by atoms with Crippen molar-refractivity contribution < 1.29 is 28.9 Å². The number of benzene rings is 3. The number of amides is 1. The predicted molar refractivity (Wildman–Crippen MR) is 152 cm³/mol. The highest BCUT2D eigenvalue weighted by Crippen LogP contribution is 2.44. The first kappa shape index (κ1) is 27.8. The summed E-state index contributed by atoms with van der Waals surface area (Å²) in [4.78, 5) is 28.6. The van der Waals surface area contributed by atoms with Gasteiger partial charge in [-0.05, 0) is 79.8 Å². The number of hydrogen-bond donors (Lipinski definition) is 1. The lowest BCUT2D eigenvalue weighted by Gasteiger charge is -2.26. The van der Waals surface area contributed by atoms with Crippen LogP contribution in [-0.2, 0) is 9.59 Å². The molecule has 0 aliphatic carbocycles. The van der Waals surface area contributed by atoms with Crippen molar-refractivity contribution in [1.29, 1.82) is 0 Å². The molecule has 3 aromatic rings. The van der Waals surface area contributed by atoms with Crippen molar-refractivity contribution in [3.63, 3.8) is 0 Å². The van der Waals surface area contributed by atoms with Crippen molar-refractivity contribution in [2.24, 2.45) is 0 Å². The van der Waals surface area contributed by atoms with Gasteiger partial charge in [-0.2, -0.15) is 0 Å². The molecule has 1 saturated heterocycles. The van der Waals surface area contributed by atoms with E-state index in [9.17, 15) is 14.7 Å². The molecule has 204 valence electrons. The van der Waals surface area contributed by atoms with Gasteiger partial charge in [0.2, 0.25) is 0 Å². The van der Waals surface area contributed by atoms with E-state index in [1.54, 1.807) is 43.5 Å². The summed E-state index contributed by atoms with van der Waals surface area (Å²) in [6, 6.07) is 17.0. The fourth-order valence-electron chi connectivity index (χ4n) is 4.90. The fraction of sp³-hybridized carbons (Fsp3) is 0.312. The van der Waals surface area contributed by atoms with E-state index in [0.29, 0.717) is 34.1 Å². The van der Waals surface area contributed by atoms with Gasteiger partial charge in [-0.1, -0.05) is 32.0 Å². The van der Waals surface area contributed by atoms with Crippen LogP contribution in [-0.4, -0.2) is 37.1 Å². The molecule has 1 atom stereocenters. The highest BCUT2D eigenvalue weighted by molar-refractivity contribution is 6.51. The average molecular weight is 530 g/mol. The van der Waals surface area contributed by atoms with E-state index in [0.717, 1.165) is 11.1 Å². The highest BCUT2D eigenvalue weighted by atomic mass is 16.5. The van der Waals surface area contributed by atoms with Crippen LogP contribution in [0.3, 0.4) is 0 Å². The SMILES string of the molecule is COc1cccc(N2C(=O)C(=O)/C(=C(/O)c3cc(C(C)C)c(OC)cc3C)C2c2ccc(OC(C)C)cc2)c1. The van der Waals surface area contributed by atoms with Crippen LogP contribution in [0.25, 0.3) is 5.76 Å². The molecule has 1 unspecified atom stereocenters. The summed E-state index contributed by atoms with van der Waals surface area (Å²) in [5.74, 6) is 0.301. The van der Waals surface area contributed by atoms with Crippen LogP contribution in [0, 0.1) is 6.92 Å². The van der Waals surface area contributed by atoms with E-state index < -0.39 is 17.7 Å². The minimum atomic E-state index is -0.866. The van der Waals surface area contributed by atoms with Gasteiger partial charge in [-0.15, -0.1) is 0 Å². The average Bonchev–Trinajstić information content (AvgIpc) is 3.18. The van der Waals surface area contributed by atoms with Gasteiger partial charge in [-0.25, -0.2) is 0 Å². The molecule has 1 fully saturated rings. The summed E-state index contributed by atoms with van der Waals surface area (Å²) >= 11 is 0. The number of ether oxygens (including phenoxy) is 3. The molecule has 0 spiro atoms. The molecule has 7 nitrogen and oxygen atoms in total. The number of ketones is 1. The summed E-state index contributed by atoms with van der Waals surface area (Å²) in [7, 11) is 3.14. The summed E-state index contributed by atoms with van der Waals surface area (Å²) in [6.45, 7) is 9.77. The van der Waals surface area contributed by atoms with E-state index in [1.807, 2.05) is 58.9 Å². The number of rotatable bonds is 8. The molecule has 1 N–H and O–H groups in total. The van der Waals surface area contributed by atoms with Gasteiger partial charge in [0.1, 0.15) is 23.0 Å². The predicted octanol–water partition coefficient (Wildman–Crippen LogP) is 6.55. The Morgan fingerprint density at radius 2 is 1.59 bits per heavy atom. The van der Waals surface area contributed by atoms with Crippen molar-refractivity contribution in [2.45, 2.75) is 52.7 Å². The van der Waals surface area contributed by atoms with Crippen LogP contribution < -0.4 is 19.1 Å². The van der Waals surface area contributed by atoms with Gasteiger partial charge in [-0.3, -0.25) is 14.5 Å². The fourth-order valence-corrected chi connectivity index (χ4v) is 4.90. The van der Waals surface area contributed by atoms with Crippen LogP contribution >= 0.6 is 0 Å². The maximum atomic E-state index is 13.6. The number of methoxy groups -OCH3 is 2. The zero-order chi connectivity index (χ0) is 28.4. The largest absolute Gasteiger partial charge is 0.507 e. The number of aryl methyl sites for hydroxylation is 1. The number of aliphatic hydroxyl groups excluding tert-OH is 1. The lowest BCUT2D eigenvalue weighted by molar-refractivity contribution is -0.132. The van der Waals surface area contributed by atoms with E-state index in [1.165, 1.54) is 12.0 Å². The molecule has 1 heterocycles. The third-order valence-electron chi connectivity index (χ3n) is 6.80. The summed E-state index contributed by atoms with van der Waals surface area (Å²) in [5.41, 5.74) is 3.25. The molecule has 0 saturated carbocycles. The van der Waals surface area contributed by atoms with E-state index in [4.69, 9.17) is 14.2 Å². The third-order valence-corrected chi connectivity index (χ3v) is 6.80. The highest BCUT2D eigenvalue weighted by Gasteiger charge is 2.47. The topological polar surface area (TPSA) is 85.3 Å². The Kier molecular flexibility index (Phi) is 8.00. The van der Waals surface area contributed by atoms with Crippen molar-refractivity contribution >= 4 is 23.1 Å². The minimum absolute atomic E-state index is 0.00790. The Labute approximate surface area is 229 Å². The van der Waals surface area contributed by atoms with Gasteiger partial charge < -0.3 is 19.3 Å². The first-order valence-electron chi connectivity index (χ1n) is 13.0. The number of hydrogen-bond acceptors (Lipinski definition) is 6. The maximum absolute atomic E-state index is 13.6. The smallest absolute Gasteiger partial charge is 0.300 e. The molecule has 0 radical (unpaired) electrons. The molecule has 4 rings (SSSR count). The monoisotopic (exact) mass is 529 g/mol. The third kappa shape index (κ3) is 5.35. The summed E-state index contributed by atoms with van der Waals surface area (Å²) < 4.78 is 16.7. The first-order chi connectivity index (χ1) is 18.6. The Bertz CT molecular complexity index is 1420.